The molecule has 0 saturated carbocycles. The second-order valence-corrected chi connectivity index (χ2v) is 19.3. The largest absolute Gasteiger partial charge is 0.456 e. The molecule has 3 heterocycles. The fourth-order valence-corrected chi connectivity index (χ4v) is 10.1. The van der Waals surface area contributed by atoms with Gasteiger partial charge in [-0.3, -0.25) is 0 Å². The van der Waals surface area contributed by atoms with Crippen molar-refractivity contribution in [1.82, 2.24) is 19.5 Å². The van der Waals surface area contributed by atoms with Gasteiger partial charge in [0.05, 0.1) is 16.7 Å². The van der Waals surface area contributed by atoms with Gasteiger partial charge in [-0.05, 0) is 99.0 Å². The van der Waals surface area contributed by atoms with E-state index in [1.807, 2.05) is 72.8 Å². The van der Waals surface area contributed by atoms with Gasteiger partial charge in [0, 0.05) is 49.4 Å². The fourth-order valence-electron chi connectivity index (χ4n) is 10.1. The van der Waals surface area contributed by atoms with Crippen molar-refractivity contribution in [3.63, 3.8) is 0 Å². The summed E-state index contributed by atoms with van der Waals surface area (Å²) in [5.41, 5.74) is 17.0. The molecule has 0 amide bonds. The van der Waals surface area contributed by atoms with Crippen LogP contribution in [0.5, 0.6) is 0 Å². The lowest BCUT2D eigenvalue weighted by Gasteiger charge is -2.23. The number of hydrogen-bond donors (Lipinski definition) is 0. The minimum Gasteiger partial charge on any atom is -0.456 e. The summed E-state index contributed by atoms with van der Waals surface area (Å²) in [5, 5.41) is 4.41. The molecule has 0 aliphatic rings. The molecular formula is C67H50N4O. The quantitative estimate of drug-likeness (QED) is 0.128. The summed E-state index contributed by atoms with van der Waals surface area (Å²) in [7, 11) is 0. The molecule has 12 aromatic rings. The molecule has 0 aliphatic carbocycles. The van der Waals surface area contributed by atoms with Crippen LogP contribution in [0.3, 0.4) is 0 Å². The number of aromatic nitrogens is 4. The van der Waals surface area contributed by atoms with Gasteiger partial charge in [-0.15, -0.1) is 0 Å². The SMILES string of the molecule is C=C/C=C(\C=C)c1cc(-c2nc(-c3ccccc3)nc(-c3ccc4c(c3)oc3ccccc34)n2)cc(-c2ccc(C(C)(C)C)cc2)c1-n1c2ccc(-c3ccccc3)cc2c2cc(-c3ccccc3)ccc21. The molecule has 3 aromatic heterocycles. The Kier molecular flexibility index (Phi) is 11.0. The maximum absolute atomic E-state index is 6.39. The molecule has 12 rings (SSSR count). The van der Waals surface area contributed by atoms with Crippen LogP contribution in [-0.4, -0.2) is 19.5 Å². The summed E-state index contributed by atoms with van der Waals surface area (Å²) in [6, 6.07) is 72.9. The second-order valence-electron chi connectivity index (χ2n) is 19.3. The Morgan fingerprint density at radius 3 is 1.54 bits per heavy atom. The Morgan fingerprint density at radius 2 is 0.958 bits per heavy atom. The van der Waals surface area contributed by atoms with E-state index in [1.54, 1.807) is 0 Å². The monoisotopic (exact) mass is 926 g/mol. The molecule has 0 N–H and O–H groups in total. The van der Waals surface area contributed by atoms with Crippen LogP contribution in [0, 0.1) is 0 Å². The summed E-state index contributed by atoms with van der Waals surface area (Å²) >= 11 is 0. The van der Waals surface area contributed by atoms with Gasteiger partial charge in [-0.25, -0.2) is 15.0 Å². The first-order valence-corrected chi connectivity index (χ1v) is 24.4. The number of rotatable bonds is 10. The minimum absolute atomic E-state index is 0.0443. The van der Waals surface area contributed by atoms with Crippen LogP contribution in [0.1, 0.15) is 31.9 Å². The summed E-state index contributed by atoms with van der Waals surface area (Å²) in [4.78, 5) is 15.8. The first-order valence-electron chi connectivity index (χ1n) is 24.4. The van der Waals surface area contributed by atoms with E-state index in [9.17, 15) is 0 Å². The van der Waals surface area contributed by atoms with E-state index in [0.717, 1.165) is 111 Å². The highest BCUT2D eigenvalue weighted by Crippen LogP contribution is 2.45. The van der Waals surface area contributed by atoms with Crippen LogP contribution >= 0.6 is 0 Å². The molecule has 0 bridgehead atoms. The third-order valence-electron chi connectivity index (χ3n) is 13.8. The molecule has 0 saturated heterocycles. The van der Waals surface area contributed by atoms with Crippen LogP contribution in [-0.2, 0) is 5.41 Å². The van der Waals surface area contributed by atoms with Crippen LogP contribution < -0.4 is 0 Å². The predicted octanol–water partition coefficient (Wildman–Crippen LogP) is 17.9. The highest BCUT2D eigenvalue weighted by Gasteiger charge is 2.25. The van der Waals surface area contributed by atoms with E-state index < -0.39 is 0 Å². The Hall–Kier alpha value is -9.19. The number of allylic oxidation sites excluding steroid dienone is 4. The van der Waals surface area contributed by atoms with E-state index in [0.29, 0.717) is 17.5 Å². The number of hydrogen-bond acceptors (Lipinski definition) is 4. The van der Waals surface area contributed by atoms with Crippen LogP contribution in [0.25, 0.3) is 123 Å². The van der Waals surface area contributed by atoms with Gasteiger partial charge in [-0.1, -0.05) is 204 Å². The summed E-state index contributed by atoms with van der Waals surface area (Å²) in [6.07, 6.45) is 5.79. The molecule has 9 aromatic carbocycles. The zero-order valence-electron chi connectivity index (χ0n) is 40.5. The van der Waals surface area contributed by atoms with E-state index in [-0.39, 0.29) is 5.41 Å². The van der Waals surface area contributed by atoms with Gasteiger partial charge in [0.15, 0.2) is 17.5 Å². The molecule has 5 heteroatoms. The second kappa shape index (κ2) is 18.0. The number of furan rings is 1. The van der Waals surface area contributed by atoms with Crippen LogP contribution in [0.4, 0.5) is 0 Å². The van der Waals surface area contributed by atoms with Crippen molar-refractivity contribution in [3.8, 4) is 73.2 Å². The lowest BCUT2D eigenvalue weighted by atomic mass is 9.85. The normalized spacial score (nSPS) is 12.0. The van der Waals surface area contributed by atoms with Crippen molar-refractivity contribution in [2.45, 2.75) is 26.2 Å². The van der Waals surface area contributed by atoms with E-state index in [4.69, 9.17) is 19.4 Å². The molecule has 344 valence electrons. The first kappa shape index (κ1) is 44.0. The van der Waals surface area contributed by atoms with E-state index >= 15 is 0 Å². The average molecular weight is 927 g/mol. The van der Waals surface area contributed by atoms with Crippen molar-refractivity contribution in [1.29, 1.82) is 0 Å². The smallest absolute Gasteiger partial charge is 0.164 e. The highest BCUT2D eigenvalue weighted by molar-refractivity contribution is 6.13. The maximum atomic E-state index is 6.39. The average Bonchev–Trinajstić information content (AvgIpc) is 3.97. The predicted molar refractivity (Wildman–Crippen MR) is 301 cm³/mol. The Labute approximate surface area is 419 Å². The van der Waals surface area contributed by atoms with E-state index in [2.05, 4.69) is 190 Å². The van der Waals surface area contributed by atoms with Crippen molar-refractivity contribution in [2.24, 2.45) is 0 Å². The van der Waals surface area contributed by atoms with Crippen molar-refractivity contribution < 1.29 is 4.42 Å². The third kappa shape index (κ3) is 7.91. The standard InChI is InChI=1S/C67H50N4O/c1-6-19-43(7-2)55-40-51(66-69-64(47-24-15-10-16-25-47)68-65(70-66)50-30-35-54-53-26-17-18-27-61(53)72-62(54)42-50)41-56(46-28-33-52(34-29-46)67(3,4)5)63(55)71-59-36-31-48(44-20-11-8-12-21-44)38-57(59)58-39-49(32-37-60(58)71)45-22-13-9-14-23-45/h6-42H,1-2H2,3-5H3/b43-19+. The Balaban J connectivity index is 1.17. The molecule has 5 nitrogen and oxygen atoms in total. The summed E-state index contributed by atoms with van der Waals surface area (Å²) in [5.74, 6) is 1.64. The first-order chi connectivity index (χ1) is 35.2. The number of fused-ring (bicyclic) bond motifs is 6. The maximum Gasteiger partial charge on any atom is 0.164 e. The lowest BCUT2D eigenvalue weighted by Crippen LogP contribution is -2.10. The van der Waals surface area contributed by atoms with Gasteiger partial charge >= 0.3 is 0 Å². The zero-order chi connectivity index (χ0) is 48.9. The summed E-state index contributed by atoms with van der Waals surface area (Å²) < 4.78 is 8.83. The topological polar surface area (TPSA) is 56.7 Å². The molecule has 0 atom stereocenters. The Morgan fingerprint density at radius 1 is 0.444 bits per heavy atom. The van der Waals surface area contributed by atoms with Crippen molar-refractivity contribution in [3.05, 3.63) is 249 Å². The van der Waals surface area contributed by atoms with Gasteiger partial charge in [-0.2, -0.15) is 0 Å². The number of para-hydroxylation sites is 1. The molecule has 0 radical (unpaired) electrons. The zero-order valence-corrected chi connectivity index (χ0v) is 40.5. The summed E-state index contributed by atoms with van der Waals surface area (Å²) in [6.45, 7) is 15.4. The molecule has 0 spiro atoms. The molecular weight excluding hydrogens is 877 g/mol. The molecule has 0 unspecified atom stereocenters. The highest BCUT2D eigenvalue weighted by atomic mass is 16.3. The number of nitrogens with zero attached hydrogens (tertiary/aromatic N) is 4. The fraction of sp³-hybridized carbons (Fsp3) is 0.0597. The molecule has 0 aliphatic heterocycles. The third-order valence-corrected chi connectivity index (χ3v) is 13.8. The molecule has 72 heavy (non-hydrogen) atoms. The van der Waals surface area contributed by atoms with Crippen LogP contribution in [0.15, 0.2) is 242 Å². The van der Waals surface area contributed by atoms with Crippen molar-refractivity contribution in [2.75, 3.05) is 0 Å². The van der Waals surface area contributed by atoms with Gasteiger partial charge in [0.25, 0.3) is 0 Å². The number of benzene rings is 9. The van der Waals surface area contributed by atoms with Gasteiger partial charge in [0.1, 0.15) is 11.2 Å². The van der Waals surface area contributed by atoms with Gasteiger partial charge < -0.3 is 8.98 Å². The molecule has 0 fully saturated rings. The lowest BCUT2D eigenvalue weighted by molar-refractivity contribution is 0.590. The Bertz CT molecular complexity index is 3980. The van der Waals surface area contributed by atoms with Gasteiger partial charge in [0.2, 0.25) is 0 Å². The minimum atomic E-state index is -0.0443. The van der Waals surface area contributed by atoms with Crippen molar-refractivity contribution >= 4 is 49.3 Å². The van der Waals surface area contributed by atoms with Crippen LogP contribution in [0.2, 0.25) is 0 Å². The van der Waals surface area contributed by atoms with E-state index in [1.165, 1.54) is 5.56 Å².